The molecular formula is C6H7F6N. The van der Waals surface area contributed by atoms with E-state index in [1.54, 1.807) is 0 Å². The van der Waals surface area contributed by atoms with Gasteiger partial charge in [-0.15, -0.1) is 0 Å². The van der Waals surface area contributed by atoms with E-state index in [4.69, 9.17) is 0 Å². The number of nitrogens with one attached hydrogen (secondary N) is 1. The maximum absolute atomic E-state index is 11.9. The van der Waals surface area contributed by atoms with Gasteiger partial charge in [-0.05, 0) is 12.8 Å². The number of hydrogen-bond donors (Lipinski definition) is 1. The highest BCUT2D eigenvalue weighted by Gasteiger charge is 2.51. The molecule has 2 unspecified atom stereocenters. The SMILES string of the molecule is FC(F)(F)C1CCC(C(F)(F)F)N1. The van der Waals surface area contributed by atoms with Crippen molar-refractivity contribution in [2.75, 3.05) is 0 Å². The molecule has 1 saturated heterocycles. The Morgan fingerprint density at radius 2 is 1.08 bits per heavy atom. The van der Waals surface area contributed by atoms with E-state index in [1.165, 1.54) is 5.32 Å². The molecule has 1 aliphatic heterocycles. The third-order valence-electron chi connectivity index (χ3n) is 1.94. The van der Waals surface area contributed by atoms with Crippen LogP contribution in [0, 0.1) is 0 Å². The molecule has 0 amide bonds. The Kier molecular flexibility index (Phi) is 2.48. The van der Waals surface area contributed by atoms with Crippen molar-refractivity contribution in [3.05, 3.63) is 0 Å². The van der Waals surface area contributed by atoms with Crippen molar-refractivity contribution in [3.63, 3.8) is 0 Å². The van der Waals surface area contributed by atoms with Gasteiger partial charge in [0.25, 0.3) is 0 Å². The molecule has 78 valence electrons. The standard InChI is InChI=1S/C6H7F6N/c7-5(8,9)3-1-2-4(13-3)6(10,11)12/h3-4,13H,1-2H2. The largest absolute Gasteiger partial charge is 0.403 e. The monoisotopic (exact) mass is 207 g/mol. The molecule has 0 radical (unpaired) electrons. The van der Waals surface area contributed by atoms with E-state index < -0.39 is 37.3 Å². The fraction of sp³-hybridized carbons (Fsp3) is 1.00. The highest BCUT2D eigenvalue weighted by molar-refractivity contribution is 4.91. The van der Waals surface area contributed by atoms with Crippen molar-refractivity contribution in [3.8, 4) is 0 Å². The lowest BCUT2D eigenvalue weighted by Crippen LogP contribution is -2.45. The Bertz CT molecular complexity index is 163. The maximum atomic E-state index is 11.9. The third-order valence-corrected chi connectivity index (χ3v) is 1.94. The molecule has 0 aromatic carbocycles. The number of hydrogen-bond acceptors (Lipinski definition) is 1. The zero-order valence-corrected chi connectivity index (χ0v) is 6.34. The van der Waals surface area contributed by atoms with E-state index in [0.29, 0.717) is 0 Å². The van der Waals surface area contributed by atoms with Crippen LogP contribution in [0.5, 0.6) is 0 Å². The second-order valence-electron chi connectivity index (χ2n) is 2.93. The smallest absolute Gasteiger partial charge is 0.295 e. The summed E-state index contributed by atoms with van der Waals surface area (Å²) in [6.07, 6.45) is -10.2. The van der Waals surface area contributed by atoms with Crippen molar-refractivity contribution in [2.45, 2.75) is 37.3 Å². The van der Waals surface area contributed by atoms with Crippen LogP contribution in [0.1, 0.15) is 12.8 Å². The van der Waals surface area contributed by atoms with Gasteiger partial charge in [0.05, 0.1) is 0 Å². The van der Waals surface area contributed by atoms with Crippen molar-refractivity contribution in [2.24, 2.45) is 0 Å². The zero-order valence-electron chi connectivity index (χ0n) is 6.34. The molecule has 7 heteroatoms. The van der Waals surface area contributed by atoms with Crippen molar-refractivity contribution in [1.29, 1.82) is 0 Å². The maximum Gasteiger partial charge on any atom is 0.403 e. The van der Waals surface area contributed by atoms with Crippen molar-refractivity contribution in [1.82, 2.24) is 5.32 Å². The first kappa shape index (κ1) is 10.6. The molecule has 0 bridgehead atoms. The minimum Gasteiger partial charge on any atom is -0.295 e. The molecule has 1 nitrogen and oxygen atoms in total. The summed E-state index contributed by atoms with van der Waals surface area (Å²) < 4.78 is 71.4. The molecule has 1 aliphatic rings. The molecule has 0 aromatic rings. The molecule has 2 atom stereocenters. The van der Waals surface area contributed by atoms with Crippen molar-refractivity contribution < 1.29 is 26.3 Å². The fourth-order valence-corrected chi connectivity index (χ4v) is 1.26. The highest BCUT2D eigenvalue weighted by atomic mass is 19.4. The average molecular weight is 207 g/mol. The Labute approximate surface area is 70.1 Å². The van der Waals surface area contributed by atoms with Crippen LogP contribution < -0.4 is 5.32 Å². The van der Waals surface area contributed by atoms with Gasteiger partial charge < -0.3 is 0 Å². The zero-order chi connectivity index (χ0) is 10.3. The number of halogens is 6. The lowest BCUT2D eigenvalue weighted by atomic mass is 10.2. The fourth-order valence-electron chi connectivity index (χ4n) is 1.26. The topological polar surface area (TPSA) is 12.0 Å². The number of rotatable bonds is 0. The van der Waals surface area contributed by atoms with Gasteiger partial charge in [-0.3, -0.25) is 5.32 Å². The third kappa shape index (κ3) is 2.49. The van der Waals surface area contributed by atoms with Gasteiger partial charge in [-0.1, -0.05) is 0 Å². The van der Waals surface area contributed by atoms with Gasteiger partial charge in [0.1, 0.15) is 12.1 Å². The summed E-state index contributed by atoms with van der Waals surface area (Å²) in [5, 5.41) is 1.52. The molecule has 1 rings (SSSR count). The predicted molar refractivity (Wildman–Crippen MR) is 32.1 cm³/mol. The molecule has 1 fully saturated rings. The minimum absolute atomic E-state index is 0.506. The highest BCUT2D eigenvalue weighted by Crippen LogP contribution is 2.34. The molecule has 0 saturated carbocycles. The first-order valence-electron chi connectivity index (χ1n) is 3.61. The van der Waals surface area contributed by atoms with Crippen LogP contribution >= 0.6 is 0 Å². The summed E-state index contributed by atoms with van der Waals surface area (Å²) >= 11 is 0. The van der Waals surface area contributed by atoms with Crippen LogP contribution in [0.3, 0.4) is 0 Å². The van der Waals surface area contributed by atoms with Gasteiger partial charge >= 0.3 is 12.4 Å². The quantitative estimate of drug-likeness (QED) is 0.600. The lowest BCUT2D eigenvalue weighted by Gasteiger charge is -2.18. The van der Waals surface area contributed by atoms with Gasteiger partial charge in [0.15, 0.2) is 0 Å². The van der Waals surface area contributed by atoms with Crippen molar-refractivity contribution >= 4 is 0 Å². The first-order valence-corrected chi connectivity index (χ1v) is 3.61. The van der Waals surface area contributed by atoms with Gasteiger partial charge in [-0.2, -0.15) is 26.3 Å². The molecule has 0 aromatic heterocycles. The minimum atomic E-state index is -4.58. The summed E-state index contributed by atoms with van der Waals surface area (Å²) in [6.45, 7) is 0. The van der Waals surface area contributed by atoms with Crippen LogP contribution in [0.25, 0.3) is 0 Å². The molecule has 0 spiro atoms. The molecule has 1 heterocycles. The summed E-state index contributed by atoms with van der Waals surface area (Å²) in [4.78, 5) is 0. The Hall–Kier alpha value is -0.460. The second kappa shape index (κ2) is 3.04. The predicted octanol–water partition coefficient (Wildman–Crippen LogP) is 2.23. The van der Waals surface area contributed by atoms with E-state index >= 15 is 0 Å². The van der Waals surface area contributed by atoms with Gasteiger partial charge in [0, 0.05) is 0 Å². The van der Waals surface area contributed by atoms with Gasteiger partial charge in [0.2, 0.25) is 0 Å². The Morgan fingerprint density at radius 3 is 1.23 bits per heavy atom. The summed E-state index contributed by atoms with van der Waals surface area (Å²) in [5.41, 5.74) is 0. The molecule has 13 heavy (non-hydrogen) atoms. The van der Waals surface area contributed by atoms with E-state index in [0.717, 1.165) is 0 Å². The van der Waals surface area contributed by atoms with Crippen LogP contribution in [-0.4, -0.2) is 24.4 Å². The van der Waals surface area contributed by atoms with E-state index in [1.807, 2.05) is 0 Å². The normalized spacial score (nSPS) is 30.9. The second-order valence-corrected chi connectivity index (χ2v) is 2.93. The molecular weight excluding hydrogens is 200 g/mol. The van der Waals surface area contributed by atoms with Crippen LogP contribution in [0.4, 0.5) is 26.3 Å². The summed E-state index contributed by atoms with van der Waals surface area (Å²) in [5.74, 6) is 0. The van der Waals surface area contributed by atoms with E-state index in [9.17, 15) is 26.3 Å². The Morgan fingerprint density at radius 1 is 0.769 bits per heavy atom. The van der Waals surface area contributed by atoms with Crippen LogP contribution in [0.15, 0.2) is 0 Å². The Balaban J connectivity index is 2.55. The summed E-state index contributed by atoms with van der Waals surface area (Å²) in [6, 6.07) is -4.03. The lowest BCUT2D eigenvalue weighted by molar-refractivity contribution is -0.171. The summed E-state index contributed by atoms with van der Waals surface area (Å²) in [7, 11) is 0. The molecule has 0 aliphatic carbocycles. The number of alkyl halides is 6. The van der Waals surface area contributed by atoms with E-state index in [-0.39, 0.29) is 0 Å². The first-order chi connectivity index (χ1) is 5.71. The van der Waals surface area contributed by atoms with Gasteiger partial charge in [-0.25, -0.2) is 0 Å². The molecule has 1 N–H and O–H groups in total. The van der Waals surface area contributed by atoms with Crippen LogP contribution in [-0.2, 0) is 0 Å². The average Bonchev–Trinajstić information content (AvgIpc) is 2.28. The van der Waals surface area contributed by atoms with Crippen LogP contribution in [0.2, 0.25) is 0 Å². The van der Waals surface area contributed by atoms with E-state index in [2.05, 4.69) is 0 Å².